The van der Waals surface area contributed by atoms with Crippen molar-refractivity contribution in [3.05, 3.63) is 18.2 Å². The number of nitrogens with two attached hydrogens (primary N) is 1. The molecule has 0 aromatic heterocycles. The smallest absolute Gasteiger partial charge is 0.144 e. The van der Waals surface area contributed by atoms with Gasteiger partial charge in [0.2, 0.25) is 0 Å². The van der Waals surface area contributed by atoms with Crippen LogP contribution in [0.5, 0.6) is 5.75 Å². The van der Waals surface area contributed by atoms with Crippen molar-refractivity contribution in [3.8, 4) is 5.75 Å². The molecule has 100 valence electrons. The van der Waals surface area contributed by atoms with Crippen LogP contribution in [-0.2, 0) is 0 Å². The first-order valence-electron chi connectivity index (χ1n) is 6.89. The average Bonchev–Trinajstić information content (AvgIpc) is 2.34. The zero-order valence-corrected chi connectivity index (χ0v) is 11.5. The summed E-state index contributed by atoms with van der Waals surface area (Å²) in [6.07, 6.45) is 5.02. The van der Waals surface area contributed by atoms with Crippen molar-refractivity contribution in [3.63, 3.8) is 0 Å². The number of ether oxygens (including phenoxy) is 1. The van der Waals surface area contributed by atoms with E-state index in [0.29, 0.717) is 17.7 Å². The zero-order valence-electron chi connectivity index (χ0n) is 11.5. The van der Waals surface area contributed by atoms with Gasteiger partial charge in [0.05, 0.1) is 12.3 Å². The summed E-state index contributed by atoms with van der Waals surface area (Å²) in [4.78, 5) is 0. The molecule has 0 atom stereocenters. The molecule has 1 fully saturated rings. The van der Waals surface area contributed by atoms with Gasteiger partial charge in [-0.1, -0.05) is 20.3 Å². The van der Waals surface area contributed by atoms with Gasteiger partial charge in [0, 0.05) is 18.3 Å². The number of hydrogen-bond acceptors (Lipinski definition) is 3. The van der Waals surface area contributed by atoms with E-state index >= 15 is 0 Å². The minimum absolute atomic E-state index is 0.478. The lowest BCUT2D eigenvalue weighted by molar-refractivity contribution is 0.180. The molecule has 18 heavy (non-hydrogen) atoms. The van der Waals surface area contributed by atoms with Gasteiger partial charge in [0.15, 0.2) is 0 Å². The minimum atomic E-state index is 0.478. The second-order valence-electron chi connectivity index (χ2n) is 5.62. The first-order valence-corrected chi connectivity index (χ1v) is 6.89. The van der Waals surface area contributed by atoms with E-state index in [4.69, 9.17) is 10.5 Å². The fourth-order valence-corrected chi connectivity index (χ4v) is 2.25. The second kappa shape index (κ2) is 5.51. The highest BCUT2D eigenvalue weighted by atomic mass is 16.5. The number of nitrogens with one attached hydrogen (secondary N) is 1. The third kappa shape index (κ3) is 3.09. The van der Waals surface area contributed by atoms with E-state index in [1.165, 1.54) is 19.3 Å². The molecule has 1 aliphatic carbocycles. The van der Waals surface area contributed by atoms with Crippen LogP contribution in [0.4, 0.5) is 11.4 Å². The van der Waals surface area contributed by atoms with Crippen LogP contribution in [0.25, 0.3) is 0 Å². The Hall–Kier alpha value is -1.38. The summed E-state index contributed by atoms with van der Waals surface area (Å²) in [5.41, 5.74) is 8.19. The van der Waals surface area contributed by atoms with E-state index < -0.39 is 0 Å². The number of benzene rings is 1. The van der Waals surface area contributed by atoms with Crippen LogP contribution in [0, 0.1) is 5.41 Å². The maximum absolute atomic E-state index is 5.90. The zero-order chi connectivity index (χ0) is 13.0. The van der Waals surface area contributed by atoms with Crippen LogP contribution in [0.15, 0.2) is 18.2 Å². The third-order valence-electron chi connectivity index (χ3n) is 3.76. The summed E-state index contributed by atoms with van der Waals surface area (Å²) in [5.74, 6) is 0.792. The Balaban J connectivity index is 1.95. The molecule has 0 heterocycles. The van der Waals surface area contributed by atoms with Crippen molar-refractivity contribution in [2.24, 2.45) is 5.41 Å². The summed E-state index contributed by atoms with van der Waals surface area (Å²) in [5, 5.41) is 3.50. The molecule has 0 radical (unpaired) electrons. The molecule has 2 rings (SSSR count). The minimum Gasteiger partial charge on any atom is -0.491 e. The molecule has 0 bridgehead atoms. The van der Waals surface area contributed by atoms with Crippen molar-refractivity contribution < 1.29 is 4.74 Å². The fourth-order valence-electron chi connectivity index (χ4n) is 2.25. The molecule has 0 amide bonds. The Kier molecular flexibility index (Phi) is 4.00. The van der Waals surface area contributed by atoms with E-state index in [1.807, 2.05) is 18.2 Å². The fraction of sp³-hybridized carbons (Fsp3) is 0.600. The van der Waals surface area contributed by atoms with Crippen molar-refractivity contribution in [1.82, 2.24) is 0 Å². The van der Waals surface area contributed by atoms with Crippen molar-refractivity contribution in [2.45, 2.75) is 39.5 Å². The van der Waals surface area contributed by atoms with Gasteiger partial charge in [-0.2, -0.15) is 0 Å². The third-order valence-corrected chi connectivity index (χ3v) is 3.76. The Bertz CT molecular complexity index is 399. The van der Waals surface area contributed by atoms with Crippen LogP contribution in [0.1, 0.15) is 39.5 Å². The number of nitrogen functional groups attached to an aromatic ring is 1. The lowest BCUT2D eigenvalue weighted by Gasteiger charge is -2.38. The Morgan fingerprint density at radius 3 is 2.78 bits per heavy atom. The Labute approximate surface area is 110 Å². The molecule has 0 saturated heterocycles. The summed E-state index contributed by atoms with van der Waals surface area (Å²) in [6.45, 7) is 6.18. The topological polar surface area (TPSA) is 47.3 Å². The molecule has 3 nitrogen and oxygen atoms in total. The monoisotopic (exact) mass is 248 g/mol. The van der Waals surface area contributed by atoms with E-state index in [1.54, 1.807) is 0 Å². The molecule has 3 heteroatoms. The van der Waals surface area contributed by atoms with E-state index in [0.717, 1.165) is 24.4 Å². The molecule has 0 aliphatic heterocycles. The average molecular weight is 248 g/mol. The molecule has 0 spiro atoms. The molecule has 1 saturated carbocycles. The molecule has 3 N–H and O–H groups in total. The van der Waals surface area contributed by atoms with Gasteiger partial charge in [-0.25, -0.2) is 0 Å². The van der Waals surface area contributed by atoms with Gasteiger partial charge in [-0.15, -0.1) is 0 Å². The molecular formula is C15H24N2O. The molecule has 1 aromatic carbocycles. The van der Waals surface area contributed by atoms with Gasteiger partial charge >= 0.3 is 0 Å². The highest BCUT2D eigenvalue weighted by Crippen LogP contribution is 2.40. The highest BCUT2D eigenvalue weighted by Gasteiger charge is 2.31. The lowest BCUT2D eigenvalue weighted by Crippen LogP contribution is -2.33. The van der Waals surface area contributed by atoms with Gasteiger partial charge in [0.25, 0.3) is 0 Å². The first kappa shape index (κ1) is 13.1. The summed E-state index contributed by atoms with van der Waals surface area (Å²) >= 11 is 0. The van der Waals surface area contributed by atoms with Gasteiger partial charge < -0.3 is 15.8 Å². The van der Waals surface area contributed by atoms with Crippen LogP contribution in [-0.4, -0.2) is 13.2 Å². The van der Waals surface area contributed by atoms with E-state index in [2.05, 4.69) is 19.2 Å². The highest BCUT2D eigenvalue weighted by molar-refractivity contribution is 5.61. The Morgan fingerprint density at radius 1 is 1.39 bits per heavy atom. The van der Waals surface area contributed by atoms with E-state index in [-0.39, 0.29) is 0 Å². The SMILES string of the molecule is CCCOc1cc(NCC2(C)CCC2)ccc1N. The van der Waals surface area contributed by atoms with Gasteiger partial charge in [-0.3, -0.25) is 0 Å². The normalized spacial score (nSPS) is 17.0. The van der Waals surface area contributed by atoms with Crippen LogP contribution >= 0.6 is 0 Å². The quantitative estimate of drug-likeness (QED) is 0.755. The largest absolute Gasteiger partial charge is 0.491 e. The van der Waals surface area contributed by atoms with Gasteiger partial charge in [0.1, 0.15) is 5.75 Å². The van der Waals surface area contributed by atoms with Crippen LogP contribution < -0.4 is 15.8 Å². The molecule has 1 aliphatic rings. The Morgan fingerprint density at radius 2 is 2.17 bits per heavy atom. The predicted molar refractivity (Wildman–Crippen MR) is 77.1 cm³/mol. The number of hydrogen-bond donors (Lipinski definition) is 2. The van der Waals surface area contributed by atoms with Crippen LogP contribution in [0.3, 0.4) is 0 Å². The van der Waals surface area contributed by atoms with Gasteiger partial charge in [-0.05, 0) is 36.8 Å². The lowest BCUT2D eigenvalue weighted by atomic mass is 9.70. The second-order valence-corrected chi connectivity index (χ2v) is 5.62. The van der Waals surface area contributed by atoms with E-state index in [9.17, 15) is 0 Å². The molecule has 0 unspecified atom stereocenters. The van der Waals surface area contributed by atoms with Crippen molar-refractivity contribution >= 4 is 11.4 Å². The number of rotatable bonds is 6. The van der Waals surface area contributed by atoms with Crippen LogP contribution in [0.2, 0.25) is 0 Å². The molecular weight excluding hydrogens is 224 g/mol. The maximum atomic E-state index is 5.90. The maximum Gasteiger partial charge on any atom is 0.144 e. The summed E-state index contributed by atoms with van der Waals surface area (Å²) in [7, 11) is 0. The number of anilines is 2. The molecule has 1 aromatic rings. The van der Waals surface area contributed by atoms with Crippen molar-refractivity contribution in [2.75, 3.05) is 24.2 Å². The summed E-state index contributed by atoms with van der Waals surface area (Å²) in [6, 6.07) is 5.94. The summed E-state index contributed by atoms with van der Waals surface area (Å²) < 4.78 is 5.63. The predicted octanol–water partition coefficient (Wildman–Crippen LogP) is 3.66. The van der Waals surface area contributed by atoms with Crippen molar-refractivity contribution in [1.29, 1.82) is 0 Å². The first-order chi connectivity index (χ1) is 8.63. The standard InChI is InChI=1S/C15H24N2O/c1-3-9-18-14-10-12(5-6-13(14)16)17-11-15(2)7-4-8-15/h5-6,10,17H,3-4,7-9,11,16H2,1-2H3.